The summed E-state index contributed by atoms with van der Waals surface area (Å²) in [5.74, 6) is 0.510. The van der Waals surface area contributed by atoms with E-state index in [1.807, 2.05) is 0 Å². The third-order valence-corrected chi connectivity index (χ3v) is 1.29. The van der Waals surface area contributed by atoms with E-state index in [0.29, 0.717) is 5.75 Å². The molecule has 0 aliphatic heterocycles. The van der Waals surface area contributed by atoms with Gasteiger partial charge in [-0.2, -0.15) is 12.6 Å². The van der Waals surface area contributed by atoms with Crippen LogP contribution in [0.4, 0.5) is 0 Å². The molecule has 0 atom stereocenters. The third-order valence-electron chi connectivity index (χ3n) is 0.775. The van der Waals surface area contributed by atoms with Crippen LogP contribution in [0.15, 0.2) is 0 Å². The molecule has 2 N–H and O–H groups in total. The van der Waals surface area contributed by atoms with Crippen molar-refractivity contribution in [3.63, 3.8) is 0 Å². The first-order chi connectivity index (χ1) is 3.35. The average molecular weight is 122 g/mol. The zero-order valence-corrected chi connectivity index (χ0v) is 4.93. The second kappa shape index (κ2) is 4.43. The lowest BCUT2D eigenvalue weighted by atomic mass is 10.2. The van der Waals surface area contributed by atoms with Crippen LogP contribution in [0.1, 0.15) is 0 Å². The predicted octanol–water partition coefficient (Wildman–Crippen LogP) is -0.483. The maximum Gasteiger partial charge on any atom is 0.0489 e. The Morgan fingerprint density at radius 3 is 1.71 bits per heavy atom. The fourth-order valence-corrected chi connectivity index (χ4v) is 0.404. The van der Waals surface area contributed by atoms with Gasteiger partial charge in [0.1, 0.15) is 0 Å². The van der Waals surface area contributed by atoms with Crippen molar-refractivity contribution in [2.45, 2.75) is 0 Å². The summed E-state index contributed by atoms with van der Waals surface area (Å²) in [5, 5.41) is 16.6. The topological polar surface area (TPSA) is 40.5 Å². The van der Waals surface area contributed by atoms with Crippen molar-refractivity contribution in [1.82, 2.24) is 0 Å². The minimum atomic E-state index is -0.0386. The fraction of sp³-hybridized carbons (Fsp3) is 1.00. The molecule has 0 rings (SSSR count). The monoisotopic (exact) mass is 122 g/mol. The van der Waals surface area contributed by atoms with Gasteiger partial charge < -0.3 is 10.2 Å². The second-order valence-electron chi connectivity index (χ2n) is 1.41. The Balaban J connectivity index is 2.99. The summed E-state index contributed by atoms with van der Waals surface area (Å²) in [4.78, 5) is 0. The Morgan fingerprint density at radius 2 is 1.71 bits per heavy atom. The predicted molar refractivity (Wildman–Crippen MR) is 31.5 cm³/mol. The van der Waals surface area contributed by atoms with Gasteiger partial charge in [0, 0.05) is 19.1 Å². The maximum atomic E-state index is 8.32. The first-order valence-electron chi connectivity index (χ1n) is 2.17. The number of aliphatic hydroxyl groups excluding tert-OH is 2. The SMILES string of the molecule is OCC(CO)CS. The van der Waals surface area contributed by atoms with Crippen molar-refractivity contribution in [3.05, 3.63) is 0 Å². The summed E-state index contributed by atoms with van der Waals surface area (Å²) in [5.41, 5.74) is 0. The lowest BCUT2D eigenvalue weighted by molar-refractivity contribution is 0.165. The molecule has 0 aromatic carbocycles. The highest BCUT2D eigenvalue weighted by Gasteiger charge is 1.99. The summed E-state index contributed by atoms with van der Waals surface area (Å²) in [6.45, 7) is 0.0556. The molecule has 0 unspecified atom stereocenters. The smallest absolute Gasteiger partial charge is 0.0489 e. The molecule has 0 spiro atoms. The van der Waals surface area contributed by atoms with Gasteiger partial charge in [-0.15, -0.1) is 0 Å². The lowest BCUT2D eigenvalue weighted by Crippen LogP contribution is -2.11. The van der Waals surface area contributed by atoms with E-state index in [1.54, 1.807) is 0 Å². The molecule has 0 heterocycles. The Morgan fingerprint density at radius 1 is 1.29 bits per heavy atom. The van der Waals surface area contributed by atoms with E-state index in [4.69, 9.17) is 10.2 Å². The zero-order chi connectivity index (χ0) is 5.70. The van der Waals surface area contributed by atoms with Crippen molar-refractivity contribution < 1.29 is 10.2 Å². The second-order valence-corrected chi connectivity index (χ2v) is 1.78. The van der Waals surface area contributed by atoms with Gasteiger partial charge >= 0.3 is 0 Å². The van der Waals surface area contributed by atoms with Crippen molar-refractivity contribution >= 4 is 12.6 Å². The van der Waals surface area contributed by atoms with E-state index in [2.05, 4.69) is 12.6 Å². The largest absolute Gasteiger partial charge is 0.396 e. The summed E-state index contributed by atoms with van der Waals surface area (Å²) in [7, 11) is 0. The van der Waals surface area contributed by atoms with E-state index in [0.717, 1.165) is 0 Å². The van der Waals surface area contributed by atoms with Gasteiger partial charge in [0.15, 0.2) is 0 Å². The molecule has 0 radical (unpaired) electrons. The van der Waals surface area contributed by atoms with E-state index >= 15 is 0 Å². The Bertz CT molecular complexity index is 31.2. The molecular formula is C4H10O2S. The number of rotatable bonds is 3. The molecule has 0 amide bonds. The quantitative estimate of drug-likeness (QED) is 0.442. The highest BCUT2D eigenvalue weighted by atomic mass is 32.1. The molecule has 0 aliphatic carbocycles. The highest BCUT2D eigenvalue weighted by Crippen LogP contribution is 1.93. The first-order valence-corrected chi connectivity index (χ1v) is 2.81. The molecule has 0 fully saturated rings. The Kier molecular flexibility index (Phi) is 4.60. The third kappa shape index (κ3) is 2.91. The van der Waals surface area contributed by atoms with E-state index in [1.165, 1.54) is 0 Å². The van der Waals surface area contributed by atoms with Gasteiger partial charge in [0.2, 0.25) is 0 Å². The summed E-state index contributed by atoms with van der Waals surface area (Å²) in [6.07, 6.45) is 0. The number of aliphatic hydroxyl groups is 2. The fourth-order valence-electron chi connectivity index (χ4n) is 0.173. The molecule has 44 valence electrons. The molecule has 0 aromatic heterocycles. The standard InChI is InChI=1S/C4H10O2S/c5-1-4(2-6)3-7/h4-7H,1-3H2. The summed E-state index contributed by atoms with van der Waals surface area (Å²) in [6, 6.07) is 0. The lowest BCUT2D eigenvalue weighted by Gasteiger charge is -2.03. The van der Waals surface area contributed by atoms with Gasteiger partial charge in [-0.05, 0) is 5.75 Å². The zero-order valence-electron chi connectivity index (χ0n) is 4.04. The van der Waals surface area contributed by atoms with Crippen LogP contribution in [0.5, 0.6) is 0 Å². The number of hydrogen-bond acceptors (Lipinski definition) is 3. The first kappa shape index (κ1) is 7.27. The molecule has 7 heavy (non-hydrogen) atoms. The summed E-state index contributed by atoms with van der Waals surface area (Å²) >= 11 is 3.86. The normalized spacial score (nSPS) is 10.3. The highest BCUT2D eigenvalue weighted by molar-refractivity contribution is 7.80. The molecule has 2 nitrogen and oxygen atoms in total. The van der Waals surface area contributed by atoms with Crippen LogP contribution in [0.3, 0.4) is 0 Å². The molecule has 0 aromatic rings. The molecule has 0 saturated carbocycles. The van der Waals surface area contributed by atoms with Crippen molar-refractivity contribution in [2.24, 2.45) is 5.92 Å². The van der Waals surface area contributed by atoms with Crippen molar-refractivity contribution in [3.8, 4) is 0 Å². The summed E-state index contributed by atoms with van der Waals surface area (Å²) < 4.78 is 0. The van der Waals surface area contributed by atoms with E-state index < -0.39 is 0 Å². The number of hydrogen-bond donors (Lipinski definition) is 3. The van der Waals surface area contributed by atoms with Crippen LogP contribution in [0.2, 0.25) is 0 Å². The average Bonchev–Trinajstić information content (AvgIpc) is 1.72. The van der Waals surface area contributed by atoms with Gasteiger partial charge in [-0.25, -0.2) is 0 Å². The van der Waals surface area contributed by atoms with Crippen LogP contribution in [0, 0.1) is 5.92 Å². The maximum absolute atomic E-state index is 8.32. The van der Waals surface area contributed by atoms with Crippen molar-refractivity contribution in [1.29, 1.82) is 0 Å². The molecule has 0 saturated heterocycles. The number of thiol groups is 1. The van der Waals surface area contributed by atoms with Gasteiger partial charge in [-0.1, -0.05) is 0 Å². The van der Waals surface area contributed by atoms with Gasteiger partial charge in [0.05, 0.1) is 0 Å². The Labute approximate surface area is 48.6 Å². The van der Waals surface area contributed by atoms with Gasteiger partial charge in [0.25, 0.3) is 0 Å². The minimum absolute atomic E-state index is 0.0278. The Hall–Kier alpha value is 0.270. The van der Waals surface area contributed by atoms with Crippen molar-refractivity contribution in [2.75, 3.05) is 19.0 Å². The van der Waals surface area contributed by atoms with Crippen LogP contribution in [-0.2, 0) is 0 Å². The molecule has 3 heteroatoms. The van der Waals surface area contributed by atoms with E-state index in [-0.39, 0.29) is 19.1 Å². The van der Waals surface area contributed by atoms with Crippen LogP contribution < -0.4 is 0 Å². The van der Waals surface area contributed by atoms with E-state index in [9.17, 15) is 0 Å². The molecule has 0 bridgehead atoms. The van der Waals surface area contributed by atoms with Gasteiger partial charge in [-0.3, -0.25) is 0 Å². The van der Waals surface area contributed by atoms with Crippen LogP contribution in [0.25, 0.3) is 0 Å². The molecule has 0 aliphatic rings. The minimum Gasteiger partial charge on any atom is -0.396 e. The molecular weight excluding hydrogens is 112 g/mol. The van der Waals surface area contributed by atoms with Crippen LogP contribution >= 0.6 is 12.6 Å². The van der Waals surface area contributed by atoms with Crippen LogP contribution in [-0.4, -0.2) is 29.2 Å².